The van der Waals surface area contributed by atoms with Crippen LogP contribution in [0.1, 0.15) is 25.3 Å². The second-order valence-corrected chi connectivity index (χ2v) is 12.2. The third-order valence-electron chi connectivity index (χ3n) is 6.76. The van der Waals surface area contributed by atoms with E-state index in [0.29, 0.717) is 22.9 Å². The van der Waals surface area contributed by atoms with Gasteiger partial charge in [0.25, 0.3) is 16.1 Å². The summed E-state index contributed by atoms with van der Waals surface area (Å²) in [5, 5.41) is 11.3. The Morgan fingerprint density at radius 1 is 1.21 bits per heavy atom. The number of amides is 1. The van der Waals surface area contributed by atoms with Crippen LogP contribution in [0.5, 0.6) is 0 Å². The lowest BCUT2D eigenvalue weighted by Crippen LogP contribution is -2.52. The molecular weight excluding hydrogens is 547 g/mol. The Kier molecular flexibility index (Phi) is 8.80. The van der Waals surface area contributed by atoms with Crippen LogP contribution in [0.2, 0.25) is 5.02 Å². The molecule has 39 heavy (non-hydrogen) atoms. The topological polar surface area (TPSA) is 141 Å². The number of rotatable bonds is 11. The molecular formula is C26H32ClFN6O4S. The molecule has 0 spiro atoms. The second kappa shape index (κ2) is 11.9. The molecule has 2 fully saturated rings. The molecule has 1 saturated heterocycles. The van der Waals surface area contributed by atoms with E-state index in [-0.39, 0.29) is 55.3 Å². The van der Waals surface area contributed by atoms with Gasteiger partial charge in [0.05, 0.1) is 12.3 Å². The Labute approximate surface area is 232 Å². The van der Waals surface area contributed by atoms with Crippen LogP contribution < -0.4 is 15.8 Å². The van der Waals surface area contributed by atoms with Gasteiger partial charge >= 0.3 is 0 Å². The van der Waals surface area contributed by atoms with Gasteiger partial charge in [-0.2, -0.15) is 17.4 Å². The number of carbonyl (C=O) groups excluding carboxylic acids is 1. The average Bonchev–Trinajstić information content (AvgIpc) is 3.64. The number of allylic oxidation sites excluding steroid dienone is 1. The Morgan fingerprint density at radius 3 is 2.54 bits per heavy atom. The predicted molar refractivity (Wildman–Crippen MR) is 149 cm³/mol. The van der Waals surface area contributed by atoms with Gasteiger partial charge < -0.3 is 26.1 Å². The second-order valence-electron chi connectivity index (χ2n) is 9.99. The minimum Gasteiger partial charge on any atom is -0.486 e. The molecule has 0 radical (unpaired) electrons. The molecule has 1 aliphatic heterocycles. The van der Waals surface area contributed by atoms with Gasteiger partial charge in [0.2, 0.25) is 5.76 Å². The average molecular weight is 579 g/mol. The number of hydrogen-bond donors (Lipinski definition) is 4. The summed E-state index contributed by atoms with van der Waals surface area (Å²) in [4.78, 5) is 15.0. The molecule has 2 aliphatic rings. The maximum Gasteiger partial charge on any atom is 0.293 e. The van der Waals surface area contributed by atoms with E-state index in [0.717, 1.165) is 19.1 Å². The zero-order chi connectivity index (χ0) is 28.2. The number of benzene rings is 2. The Bertz CT molecular complexity index is 1370. The van der Waals surface area contributed by atoms with Crippen LogP contribution in [0.3, 0.4) is 0 Å². The lowest BCUT2D eigenvalue weighted by molar-refractivity contribution is -0.116. The summed E-state index contributed by atoms with van der Waals surface area (Å²) in [7, 11) is -3.84. The number of nitrogens with zero attached hydrogens (tertiary/aromatic N) is 2. The molecule has 0 bridgehead atoms. The van der Waals surface area contributed by atoms with Crippen LogP contribution in [-0.4, -0.2) is 62.5 Å². The molecule has 2 aromatic carbocycles. The summed E-state index contributed by atoms with van der Waals surface area (Å²) < 4.78 is 49.0. The highest BCUT2D eigenvalue weighted by molar-refractivity contribution is 7.87. The number of halogens is 2. The number of nitrogen functional groups attached to an aromatic ring is 1. The summed E-state index contributed by atoms with van der Waals surface area (Å²) in [6.07, 6.45) is 3.04. The number of piperazine rings is 1. The Hall–Kier alpha value is -3.19. The quantitative estimate of drug-likeness (QED) is 0.139. The fraction of sp³-hybridized carbons (Fsp3) is 0.385. The maximum absolute atomic E-state index is 13.4. The molecule has 210 valence electrons. The monoisotopic (exact) mass is 578 g/mol. The van der Waals surface area contributed by atoms with E-state index in [1.54, 1.807) is 29.2 Å². The van der Waals surface area contributed by atoms with Gasteiger partial charge in [0.15, 0.2) is 0 Å². The summed E-state index contributed by atoms with van der Waals surface area (Å²) in [5.41, 5.74) is 6.79. The van der Waals surface area contributed by atoms with Crippen molar-refractivity contribution in [1.82, 2.24) is 13.9 Å². The molecule has 1 heterocycles. The van der Waals surface area contributed by atoms with Crippen molar-refractivity contribution in [3.63, 3.8) is 0 Å². The zero-order valence-corrected chi connectivity index (χ0v) is 23.1. The maximum atomic E-state index is 13.4. The SMILES string of the molecule is CC1(CO/C(C(=O)Nc2cccc(Cl)c2)=C(/C=N)N2CCN(S(=O)(=O)NCc3ccc(F)c(N)c3)CC2)CC1. The molecule has 2 aromatic rings. The van der Waals surface area contributed by atoms with Gasteiger partial charge in [-0.25, -0.2) is 4.39 Å². The predicted octanol–water partition coefficient (Wildman–Crippen LogP) is 3.33. The molecule has 5 N–H and O–H groups in total. The highest BCUT2D eigenvalue weighted by atomic mass is 35.5. The van der Waals surface area contributed by atoms with Crippen molar-refractivity contribution >= 4 is 45.3 Å². The Morgan fingerprint density at radius 2 is 1.92 bits per heavy atom. The lowest BCUT2D eigenvalue weighted by Gasteiger charge is -2.36. The van der Waals surface area contributed by atoms with Gasteiger partial charge in [-0.3, -0.25) is 4.79 Å². The lowest BCUT2D eigenvalue weighted by atomic mass is 10.2. The van der Waals surface area contributed by atoms with Crippen molar-refractivity contribution in [3.05, 3.63) is 70.3 Å². The normalized spacial score (nSPS) is 17.8. The fourth-order valence-corrected chi connectivity index (χ4v) is 5.42. The number of carbonyl (C=O) groups is 1. The van der Waals surface area contributed by atoms with Crippen molar-refractivity contribution in [2.24, 2.45) is 5.41 Å². The van der Waals surface area contributed by atoms with Gasteiger partial charge in [-0.05, 0) is 48.7 Å². The molecule has 0 aromatic heterocycles. The third kappa shape index (κ3) is 7.47. The van der Waals surface area contributed by atoms with E-state index in [1.807, 2.05) is 0 Å². The highest BCUT2D eigenvalue weighted by Gasteiger charge is 2.39. The summed E-state index contributed by atoms with van der Waals surface area (Å²) in [6.45, 7) is 3.08. The van der Waals surface area contributed by atoms with Crippen LogP contribution in [0.15, 0.2) is 53.9 Å². The van der Waals surface area contributed by atoms with Crippen molar-refractivity contribution in [1.29, 1.82) is 5.41 Å². The van der Waals surface area contributed by atoms with Crippen molar-refractivity contribution in [3.8, 4) is 0 Å². The van der Waals surface area contributed by atoms with Crippen LogP contribution in [0, 0.1) is 16.6 Å². The van der Waals surface area contributed by atoms with Gasteiger partial charge in [-0.15, -0.1) is 0 Å². The molecule has 0 unspecified atom stereocenters. The standard InChI is InChI=1S/C26H32ClFN6O4S/c1-26(7-8-26)17-38-24(25(35)32-20-4-2-3-19(27)14-20)23(15-29)33-9-11-34(12-10-33)39(36,37)31-16-18-5-6-21(28)22(30)13-18/h2-6,13-15,29,31H,7-12,16-17,30H2,1H3,(H,32,35)/b24-23-,29-15?. The van der Waals surface area contributed by atoms with Crippen molar-refractivity contribution < 1.29 is 22.3 Å². The van der Waals surface area contributed by atoms with E-state index in [1.165, 1.54) is 22.5 Å². The molecule has 1 aliphatic carbocycles. The number of hydrogen-bond acceptors (Lipinski definition) is 7. The van der Waals surface area contributed by atoms with E-state index >= 15 is 0 Å². The molecule has 0 atom stereocenters. The summed E-state index contributed by atoms with van der Waals surface area (Å²) in [5.74, 6) is -1.08. The number of nitrogens with two attached hydrogens (primary N) is 1. The van der Waals surface area contributed by atoms with E-state index < -0.39 is 21.9 Å². The van der Waals surface area contributed by atoms with Gasteiger partial charge in [-0.1, -0.05) is 30.7 Å². The van der Waals surface area contributed by atoms with Crippen LogP contribution in [-0.2, 0) is 26.3 Å². The minimum atomic E-state index is -3.84. The van der Waals surface area contributed by atoms with Gasteiger partial charge in [0.1, 0.15) is 11.5 Å². The zero-order valence-electron chi connectivity index (χ0n) is 21.5. The van der Waals surface area contributed by atoms with Crippen LogP contribution in [0.4, 0.5) is 15.8 Å². The van der Waals surface area contributed by atoms with Crippen molar-refractivity contribution in [2.45, 2.75) is 26.3 Å². The summed E-state index contributed by atoms with van der Waals surface area (Å²) >= 11 is 6.05. The van der Waals surface area contributed by atoms with E-state index in [4.69, 9.17) is 27.5 Å². The number of ether oxygens (including phenoxy) is 1. The molecule has 4 rings (SSSR count). The third-order valence-corrected chi connectivity index (χ3v) is 8.55. The van der Waals surface area contributed by atoms with Crippen LogP contribution in [0.25, 0.3) is 0 Å². The van der Waals surface area contributed by atoms with E-state index in [2.05, 4.69) is 17.0 Å². The summed E-state index contributed by atoms with van der Waals surface area (Å²) in [6, 6.07) is 10.8. The molecule has 13 heteroatoms. The Balaban J connectivity index is 1.45. The van der Waals surface area contributed by atoms with E-state index in [9.17, 15) is 17.6 Å². The molecule has 10 nitrogen and oxygen atoms in total. The molecule has 1 saturated carbocycles. The number of nitrogens with one attached hydrogen (secondary N) is 3. The van der Waals surface area contributed by atoms with Crippen LogP contribution >= 0.6 is 11.6 Å². The minimum absolute atomic E-state index is 0.00133. The number of anilines is 2. The largest absolute Gasteiger partial charge is 0.486 e. The smallest absolute Gasteiger partial charge is 0.293 e. The first-order chi connectivity index (χ1) is 18.5. The van der Waals surface area contributed by atoms with Crippen molar-refractivity contribution in [2.75, 3.05) is 43.8 Å². The van der Waals surface area contributed by atoms with Gasteiger partial charge in [0, 0.05) is 55.1 Å². The first-order valence-corrected chi connectivity index (χ1v) is 14.3. The fourth-order valence-electron chi connectivity index (χ4n) is 4.05. The molecule has 1 amide bonds. The first kappa shape index (κ1) is 28.8. The first-order valence-electron chi connectivity index (χ1n) is 12.5. The highest BCUT2D eigenvalue weighted by Crippen LogP contribution is 2.45.